The van der Waals surface area contributed by atoms with E-state index in [0.29, 0.717) is 13.2 Å². The predicted octanol–water partition coefficient (Wildman–Crippen LogP) is 2.09. The third kappa shape index (κ3) is 7.53. The standard InChI is InChI=1S/C15H20O5/c1-2-8-18-9-10-19-14(16)11-15(17)20-12-13-6-4-3-5-7-13/h3-7H,2,8-12H2,1H3. The van der Waals surface area contributed by atoms with Crippen molar-refractivity contribution in [2.75, 3.05) is 19.8 Å². The first kappa shape index (κ1) is 16.2. The van der Waals surface area contributed by atoms with Crippen LogP contribution in [-0.2, 0) is 30.4 Å². The lowest BCUT2D eigenvalue weighted by molar-refractivity contribution is -0.156. The fourth-order valence-electron chi connectivity index (χ4n) is 1.42. The zero-order valence-electron chi connectivity index (χ0n) is 11.7. The topological polar surface area (TPSA) is 61.8 Å². The second-order valence-electron chi connectivity index (χ2n) is 4.16. The Bertz CT molecular complexity index is 402. The molecule has 0 saturated heterocycles. The van der Waals surface area contributed by atoms with Gasteiger partial charge in [0.25, 0.3) is 0 Å². The van der Waals surface area contributed by atoms with Crippen molar-refractivity contribution in [1.29, 1.82) is 0 Å². The van der Waals surface area contributed by atoms with Crippen molar-refractivity contribution in [3.63, 3.8) is 0 Å². The average molecular weight is 280 g/mol. The lowest BCUT2D eigenvalue weighted by Gasteiger charge is -2.06. The van der Waals surface area contributed by atoms with Crippen LogP contribution in [0.5, 0.6) is 0 Å². The van der Waals surface area contributed by atoms with E-state index in [4.69, 9.17) is 14.2 Å². The zero-order valence-corrected chi connectivity index (χ0v) is 11.7. The summed E-state index contributed by atoms with van der Waals surface area (Å²) in [7, 11) is 0. The molecule has 0 fully saturated rings. The molecule has 0 aliphatic carbocycles. The molecular formula is C15H20O5. The quantitative estimate of drug-likeness (QED) is 0.394. The third-order valence-corrected chi connectivity index (χ3v) is 2.37. The van der Waals surface area contributed by atoms with Crippen LogP contribution in [0.2, 0.25) is 0 Å². The van der Waals surface area contributed by atoms with Gasteiger partial charge < -0.3 is 14.2 Å². The summed E-state index contributed by atoms with van der Waals surface area (Å²) in [6.07, 6.45) is 0.542. The first-order valence-electron chi connectivity index (χ1n) is 6.65. The minimum Gasteiger partial charge on any atom is -0.463 e. The molecule has 5 heteroatoms. The highest BCUT2D eigenvalue weighted by Crippen LogP contribution is 2.02. The molecule has 0 heterocycles. The normalized spacial score (nSPS) is 10.1. The van der Waals surface area contributed by atoms with E-state index in [9.17, 15) is 9.59 Å². The second kappa shape index (κ2) is 9.97. The fourth-order valence-corrected chi connectivity index (χ4v) is 1.42. The number of ether oxygens (including phenoxy) is 3. The summed E-state index contributed by atoms with van der Waals surface area (Å²) in [6, 6.07) is 9.28. The largest absolute Gasteiger partial charge is 0.463 e. The minimum absolute atomic E-state index is 0.158. The van der Waals surface area contributed by atoms with Crippen LogP contribution in [0.4, 0.5) is 0 Å². The maximum atomic E-state index is 11.4. The average Bonchev–Trinajstić information content (AvgIpc) is 2.46. The monoisotopic (exact) mass is 280 g/mol. The number of benzene rings is 1. The lowest BCUT2D eigenvalue weighted by Crippen LogP contribution is -2.16. The minimum atomic E-state index is -0.594. The van der Waals surface area contributed by atoms with Crippen molar-refractivity contribution in [2.24, 2.45) is 0 Å². The Morgan fingerprint density at radius 1 is 0.950 bits per heavy atom. The number of hydrogen-bond acceptors (Lipinski definition) is 5. The molecule has 0 N–H and O–H groups in total. The van der Waals surface area contributed by atoms with Crippen LogP contribution in [-0.4, -0.2) is 31.8 Å². The first-order valence-corrected chi connectivity index (χ1v) is 6.65. The lowest BCUT2D eigenvalue weighted by atomic mass is 10.2. The van der Waals surface area contributed by atoms with Gasteiger partial charge in [0.1, 0.15) is 19.6 Å². The van der Waals surface area contributed by atoms with Gasteiger partial charge in [0, 0.05) is 6.61 Å². The van der Waals surface area contributed by atoms with Crippen molar-refractivity contribution >= 4 is 11.9 Å². The Balaban J connectivity index is 2.10. The van der Waals surface area contributed by atoms with Gasteiger partial charge in [-0.25, -0.2) is 0 Å². The number of rotatable bonds is 9. The van der Waals surface area contributed by atoms with Gasteiger partial charge in [0.2, 0.25) is 0 Å². The van der Waals surface area contributed by atoms with Gasteiger partial charge in [0.15, 0.2) is 0 Å². The maximum absolute atomic E-state index is 11.4. The van der Waals surface area contributed by atoms with Crippen LogP contribution in [0.25, 0.3) is 0 Å². The van der Waals surface area contributed by atoms with E-state index in [-0.39, 0.29) is 19.6 Å². The van der Waals surface area contributed by atoms with Crippen LogP contribution >= 0.6 is 0 Å². The summed E-state index contributed by atoms with van der Waals surface area (Å²) < 4.78 is 15.0. The molecule has 0 unspecified atom stereocenters. The van der Waals surface area contributed by atoms with Gasteiger partial charge in [0.05, 0.1) is 6.61 Å². The van der Waals surface area contributed by atoms with Gasteiger partial charge in [-0.2, -0.15) is 0 Å². The summed E-state index contributed by atoms with van der Waals surface area (Å²) >= 11 is 0. The molecule has 0 atom stereocenters. The second-order valence-corrected chi connectivity index (χ2v) is 4.16. The van der Waals surface area contributed by atoms with Crippen LogP contribution in [0.1, 0.15) is 25.3 Å². The smallest absolute Gasteiger partial charge is 0.317 e. The van der Waals surface area contributed by atoms with Gasteiger partial charge in [-0.05, 0) is 12.0 Å². The molecule has 0 saturated carbocycles. The molecule has 5 nitrogen and oxygen atoms in total. The molecule has 0 aliphatic heterocycles. The van der Waals surface area contributed by atoms with Crippen molar-refractivity contribution in [3.8, 4) is 0 Å². The SMILES string of the molecule is CCCOCCOC(=O)CC(=O)OCc1ccccc1. The zero-order chi connectivity index (χ0) is 14.6. The van der Waals surface area contributed by atoms with Gasteiger partial charge in [-0.3, -0.25) is 9.59 Å². The van der Waals surface area contributed by atoms with Crippen LogP contribution in [0, 0.1) is 0 Å². The molecule has 0 aromatic heterocycles. The van der Waals surface area contributed by atoms with Gasteiger partial charge >= 0.3 is 11.9 Å². The Hall–Kier alpha value is -1.88. The van der Waals surface area contributed by atoms with Crippen molar-refractivity contribution in [2.45, 2.75) is 26.4 Å². The van der Waals surface area contributed by atoms with Crippen LogP contribution in [0.3, 0.4) is 0 Å². The Morgan fingerprint density at radius 2 is 1.65 bits per heavy atom. The van der Waals surface area contributed by atoms with Gasteiger partial charge in [-0.1, -0.05) is 37.3 Å². The highest BCUT2D eigenvalue weighted by atomic mass is 16.6. The van der Waals surface area contributed by atoms with Crippen molar-refractivity contribution in [3.05, 3.63) is 35.9 Å². The van der Waals surface area contributed by atoms with E-state index in [2.05, 4.69) is 0 Å². The molecule has 20 heavy (non-hydrogen) atoms. The molecule has 1 rings (SSSR count). The third-order valence-electron chi connectivity index (χ3n) is 2.37. The Kier molecular flexibility index (Phi) is 8.07. The Labute approximate surface area is 118 Å². The van der Waals surface area contributed by atoms with E-state index in [1.165, 1.54) is 0 Å². The molecule has 0 aliphatic rings. The number of carbonyl (C=O) groups excluding carboxylic acids is 2. The summed E-state index contributed by atoms with van der Waals surface area (Å²) in [5, 5.41) is 0. The molecule has 110 valence electrons. The number of carbonyl (C=O) groups is 2. The summed E-state index contributed by atoms with van der Waals surface area (Å²) in [6.45, 7) is 3.29. The number of esters is 2. The molecular weight excluding hydrogens is 260 g/mol. The van der Waals surface area contributed by atoms with E-state index in [1.807, 2.05) is 37.3 Å². The maximum Gasteiger partial charge on any atom is 0.317 e. The van der Waals surface area contributed by atoms with Gasteiger partial charge in [-0.15, -0.1) is 0 Å². The highest BCUT2D eigenvalue weighted by molar-refractivity contribution is 5.91. The summed E-state index contributed by atoms with van der Waals surface area (Å²) in [4.78, 5) is 22.7. The molecule has 0 radical (unpaired) electrons. The summed E-state index contributed by atoms with van der Waals surface area (Å²) in [5.74, 6) is -1.18. The van der Waals surface area contributed by atoms with Crippen molar-refractivity contribution in [1.82, 2.24) is 0 Å². The highest BCUT2D eigenvalue weighted by Gasteiger charge is 2.12. The molecule has 1 aromatic rings. The summed E-state index contributed by atoms with van der Waals surface area (Å²) in [5.41, 5.74) is 0.877. The molecule has 1 aromatic carbocycles. The molecule has 0 spiro atoms. The van der Waals surface area contributed by atoms with E-state index in [0.717, 1.165) is 12.0 Å². The number of hydrogen-bond donors (Lipinski definition) is 0. The van der Waals surface area contributed by atoms with Crippen LogP contribution < -0.4 is 0 Å². The van der Waals surface area contributed by atoms with E-state index < -0.39 is 11.9 Å². The van der Waals surface area contributed by atoms with Crippen molar-refractivity contribution < 1.29 is 23.8 Å². The first-order chi connectivity index (χ1) is 9.72. The molecule has 0 amide bonds. The fraction of sp³-hybridized carbons (Fsp3) is 0.467. The Morgan fingerprint density at radius 3 is 2.35 bits per heavy atom. The van der Waals surface area contributed by atoms with Crippen LogP contribution in [0.15, 0.2) is 30.3 Å². The molecule has 0 bridgehead atoms. The van der Waals surface area contributed by atoms with E-state index in [1.54, 1.807) is 0 Å². The predicted molar refractivity (Wildman–Crippen MR) is 72.9 cm³/mol. The van der Waals surface area contributed by atoms with E-state index >= 15 is 0 Å².